The number of benzene rings is 1. The van der Waals surface area contributed by atoms with Crippen molar-refractivity contribution in [1.82, 2.24) is 14.5 Å². The number of nitrogens with zero attached hydrogens (tertiary/aromatic N) is 4. The Bertz CT molecular complexity index is 1190. The lowest BCUT2D eigenvalue weighted by atomic mass is 9.85. The smallest absolute Gasteiger partial charge is 0.257 e. The molecule has 8 nitrogen and oxygen atoms in total. The molecular formula is C28H36F2N4O4. The number of hydrogen-bond acceptors (Lipinski definition) is 7. The van der Waals surface area contributed by atoms with Gasteiger partial charge in [-0.25, -0.2) is 13.8 Å². The highest BCUT2D eigenvalue weighted by molar-refractivity contribution is 5.23. The van der Waals surface area contributed by atoms with Gasteiger partial charge in [-0.1, -0.05) is 11.2 Å². The molecule has 0 amide bonds. The predicted octanol–water partition coefficient (Wildman–Crippen LogP) is 4.97. The van der Waals surface area contributed by atoms with Gasteiger partial charge in [0.15, 0.2) is 6.29 Å². The topological polar surface area (TPSA) is 86.0 Å². The van der Waals surface area contributed by atoms with Crippen LogP contribution in [0, 0.1) is 29.4 Å². The summed E-state index contributed by atoms with van der Waals surface area (Å²) >= 11 is 0. The van der Waals surface area contributed by atoms with E-state index in [0.29, 0.717) is 44.8 Å². The number of likely N-dealkylation sites (tertiary alicyclic amines) is 1. The first-order chi connectivity index (χ1) is 18.4. The van der Waals surface area contributed by atoms with Crippen LogP contribution in [0.1, 0.15) is 79.7 Å². The normalized spacial score (nSPS) is 23.7. The summed E-state index contributed by atoms with van der Waals surface area (Å²) in [6.45, 7) is 5.38. The fraction of sp³-hybridized carbons (Fsp3) is 0.643. The SMILES string of the molecule is Cc1nc2n(c(=O)c1CCN1CCC(C(N=O)c3ccc(F)cc3F)CC1)CCCC2OC1CCCCO1. The van der Waals surface area contributed by atoms with Gasteiger partial charge in [-0.15, -0.1) is 0 Å². The lowest BCUT2D eigenvalue weighted by Gasteiger charge is -2.34. The number of aromatic nitrogens is 2. The second kappa shape index (κ2) is 12.1. The largest absolute Gasteiger partial charge is 0.353 e. The Morgan fingerprint density at radius 2 is 1.95 bits per heavy atom. The van der Waals surface area contributed by atoms with E-state index in [1.165, 1.54) is 6.07 Å². The Balaban J connectivity index is 1.20. The number of nitroso groups, excluding NO2 is 1. The Morgan fingerprint density at radius 3 is 2.66 bits per heavy atom. The molecule has 38 heavy (non-hydrogen) atoms. The molecule has 0 spiro atoms. The van der Waals surface area contributed by atoms with Crippen LogP contribution < -0.4 is 5.56 Å². The van der Waals surface area contributed by atoms with Gasteiger partial charge < -0.3 is 14.4 Å². The van der Waals surface area contributed by atoms with Crippen LogP contribution in [0.5, 0.6) is 0 Å². The number of rotatable bonds is 8. The van der Waals surface area contributed by atoms with E-state index in [1.54, 1.807) is 4.57 Å². The summed E-state index contributed by atoms with van der Waals surface area (Å²) < 4.78 is 41.3. The average Bonchev–Trinajstić information content (AvgIpc) is 2.92. The molecule has 3 aliphatic heterocycles. The number of halogens is 2. The maximum atomic E-state index is 14.3. The molecular weight excluding hydrogens is 494 g/mol. The van der Waals surface area contributed by atoms with E-state index in [2.05, 4.69) is 10.1 Å². The molecule has 2 aromatic rings. The number of ether oxygens (including phenoxy) is 2. The number of aryl methyl sites for hydroxylation is 1. The average molecular weight is 531 g/mol. The van der Waals surface area contributed by atoms with Crippen molar-refractivity contribution in [2.45, 2.75) is 83.3 Å². The molecule has 0 radical (unpaired) electrons. The molecule has 4 heterocycles. The van der Waals surface area contributed by atoms with Gasteiger partial charge in [0.25, 0.3) is 5.56 Å². The van der Waals surface area contributed by atoms with Crippen LogP contribution in [-0.4, -0.2) is 47.0 Å². The van der Waals surface area contributed by atoms with Gasteiger partial charge in [0.05, 0.1) is 0 Å². The monoisotopic (exact) mass is 530 g/mol. The summed E-state index contributed by atoms with van der Waals surface area (Å²) in [6, 6.07) is 2.45. The molecule has 3 atom stereocenters. The van der Waals surface area contributed by atoms with Crippen LogP contribution in [0.15, 0.2) is 28.2 Å². The predicted molar refractivity (Wildman–Crippen MR) is 138 cm³/mol. The van der Waals surface area contributed by atoms with Gasteiger partial charge in [-0.2, -0.15) is 4.91 Å². The van der Waals surface area contributed by atoms with Crippen LogP contribution in [0.4, 0.5) is 8.78 Å². The molecule has 0 aliphatic carbocycles. The molecule has 10 heteroatoms. The summed E-state index contributed by atoms with van der Waals surface area (Å²) in [4.78, 5) is 32.1. The third-order valence-corrected chi connectivity index (χ3v) is 8.24. The first-order valence-corrected chi connectivity index (χ1v) is 13.8. The maximum Gasteiger partial charge on any atom is 0.257 e. The zero-order valence-electron chi connectivity index (χ0n) is 21.9. The van der Waals surface area contributed by atoms with E-state index in [9.17, 15) is 18.5 Å². The van der Waals surface area contributed by atoms with E-state index in [1.807, 2.05) is 6.92 Å². The summed E-state index contributed by atoms with van der Waals surface area (Å²) in [5, 5.41) is 3.20. The summed E-state index contributed by atoms with van der Waals surface area (Å²) in [5.74, 6) is -0.800. The lowest BCUT2D eigenvalue weighted by Crippen LogP contribution is -2.39. The zero-order valence-corrected chi connectivity index (χ0v) is 21.9. The number of fused-ring (bicyclic) bond motifs is 1. The third-order valence-electron chi connectivity index (χ3n) is 8.24. The van der Waals surface area contributed by atoms with Crippen molar-refractivity contribution < 1.29 is 18.3 Å². The van der Waals surface area contributed by atoms with Crippen molar-refractivity contribution in [1.29, 1.82) is 0 Å². The molecule has 1 aromatic heterocycles. The van der Waals surface area contributed by atoms with Gasteiger partial charge in [0.1, 0.15) is 29.6 Å². The first kappa shape index (κ1) is 27.0. The van der Waals surface area contributed by atoms with Crippen molar-refractivity contribution in [2.24, 2.45) is 11.1 Å². The molecule has 2 saturated heterocycles. The van der Waals surface area contributed by atoms with Gasteiger partial charge in [0.2, 0.25) is 0 Å². The second-order valence-electron chi connectivity index (χ2n) is 10.7. The van der Waals surface area contributed by atoms with Crippen LogP contribution >= 0.6 is 0 Å². The minimum absolute atomic E-state index is 0.0113. The van der Waals surface area contributed by atoms with Crippen LogP contribution in [0.25, 0.3) is 0 Å². The van der Waals surface area contributed by atoms with E-state index in [-0.39, 0.29) is 29.4 Å². The summed E-state index contributed by atoms with van der Waals surface area (Å²) in [5.41, 5.74) is 1.64. The molecule has 0 saturated carbocycles. The third kappa shape index (κ3) is 5.87. The minimum Gasteiger partial charge on any atom is -0.353 e. The number of piperidine rings is 1. The van der Waals surface area contributed by atoms with Crippen LogP contribution in [0.2, 0.25) is 0 Å². The van der Waals surface area contributed by atoms with Crippen molar-refractivity contribution in [2.75, 3.05) is 26.2 Å². The minimum atomic E-state index is -0.830. The Hall–Kier alpha value is -2.56. The van der Waals surface area contributed by atoms with Gasteiger partial charge >= 0.3 is 0 Å². The van der Waals surface area contributed by atoms with Gasteiger partial charge in [-0.05, 0) is 83.4 Å². The molecule has 0 bridgehead atoms. The first-order valence-electron chi connectivity index (χ1n) is 13.8. The molecule has 3 unspecified atom stereocenters. The van der Waals surface area contributed by atoms with E-state index in [4.69, 9.17) is 14.5 Å². The fourth-order valence-electron chi connectivity index (χ4n) is 6.07. The Kier molecular flexibility index (Phi) is 8.60. The Morgan fingerprint density at radius 1 is 1.13 bits per heavy atom. The van der Waals surface area contributed by atoms with Crippen molar-refractivity contribution in [3.8, 4) is 0 Å². The van der Waals surface area contributed by atoms with Crippen LogP contribution in [0.3, 0.4) is 0 Å². The fourth-order valence-corrected chi connectivity index (χ4v) is 6.07. The standard InChI is InChI=1S/C28H36F2N4O4/c1-18-21(28(35)34-12-4-5-24(27(34)31-18)38-25-6-2-3-16-37-25)11-15-33-13-9-19(10-14-33)26(32-36)22-8-7-20(29)17-23(22)30/h7-8,17,19,24-26H,2-6,9-16H2,1H3. The highest BCUT2D eigenvalue weighted by Crippen LogP contribution is 2.35. The molecule has 5 rings (SSSR count). The Labute approximate surface area is 221 Å². The number of hydrogen-bond donors (Lipinski definition) is 0. The lowest BCUT2D eigenvalue weighted by molar-refractivity contribution is -0.195. The van der Waals surface area contributed by atoms with Crippen molar-refractivity contribution in [3.05, 3.63) is 67.7 Å². The van der Waals surface area contributed by atoms with Crippen LogP contribution in [-0.2, 0) is 22.4 Å². The van der Waals surface area contributed by atoms with Gasteiger partial charge in [0, 0.05) is 42.6 Å². The van der Waals surface area contributed by atoms with Gasteiger partial charge in [-0.3, -0.25) is 9.36 Å². The van der Waals surface area contributed by atoms with Crippen molar-refractivity contribution in [3.63, 3.8) is 0 Å². The molecule has 0 N–H and O–H groups in total. The quantitative estimate of drug-likeness (QED) is 0.448. The molecule has 2 fully saturated rings. The van der Waals surface area contributed by atoms with E-state index >= 15 is 0 Å². The van der Waals surface area contributed by atoms with Crippen molar-refractivity contribution >= 4 is 0 Å². The highest BCUT2D eigenvalue weighted by Gasteiger charge is 2.32. The summed E-state index contributed by atoms with van der Waals surface area (Å²) in [6.07, 6.45) is 6.19. The maximum absolute atomic E-state index is 14.3. The molecule has 206 valence electrons. The molecule has 1 aromatic carbocycles. The van der Waals surface area contributed by atoms with E-state index in [0.717, 1.165) is 68.6 Å². The summed E-state index contributed by atoms with van der Waals surface area (Å²) in [7, 11) is 0. The second-order valence-corrected chi connectivity index (χ2v) is 10.7. The zero-order chi connectivity index (χ0) is 26.6. The van der Waals surface area contributed by atoms with E-state index < -0.39 is 17.7 Å². The molecule has 3 aliphatic rings. The highest BCUT2D eigenvalue weighted by atomic mass is 19.1.